The third-order valence-electron chi connectivity index (χ3n) is 4.09. The summed E-state index contributed by atoms with van der Waals surface area (Å²) in [6.45, 7) is 3.81. The summed E-state index contributed by atoms with van der Waals surface area (Å²) < 4.78 is 0. The third kappa shape index (κ3) is 4.03. The van der Waals surface area contributed by atoms with E-state index in [4.69, 9.17) is 4.98 Å². The van der Waals surface area contributed by atoms with Gasteiger partial charge in [0.2, 0.25) is 0 Å². The smallest absolute Gasteiger partial charge is 0.148 e. The van der Waals surface area contributed by atoms with Crippen molar-refractivity contribution in [1.29, 1.82) is 0 Å². The number of pyridine rings is 1. The monoisotopic (exact) mass is 313 g/mol. The van der Waals surface area contributed by atoms with E-state index < -0.39 is 0 Å². The lowest BCUT2D eigenvalue weighted by atomic mass is 10.0. The van der Waals surface area contributed by atoms with Crippen molar-refractivity contribution in [3.8, 4) is 0 Å². The number of likely N-dealkylation sites (tertiary alicyclic amines) is 1. The molecule has 0 aromatic carbocycles. The van der Waals surface area contributed by atoms with Crippen molar-refractivity contribution in [3.63, 3.8) is 0 Å². The van der Waals surface area contributed by atoms with Crippen LogP contribution in [-0.4, -0.2) is 44.7 Å². The number of anilines is 2. The Hall–Kier alpha value is -2.05. The average Bonchev–Trinajstić information content (AvgIpc) is 2.56. The second-order valence-electron chi connectivity index (χ2n) is 5.86. The molecule has 0 radical (unpaired) electrons. The van der Waals surface area contributed by atoms with Gasteiger partial charge >= 0.3 is 0 Å². The number of aromatic nitrogens is 3. The van der Waals surface area contributed by atoms with Crippen LogP contribution in [0.2, 0.25) is 0 Å². The van der Waals surface area contributed by atoms with Gasteiger partial charge in [-0.25, -0.2) is 15.0 Å². The predicted octanol–water partition coefficient (Wildman–Crippen LogP) is 2.44. The lowest BCUT2D eigenvalue weighted by Gasteiger charge is -2.34. The van der Waals surface area contributed by atoms with Gasteiger partial charge in [-0.2, -0.15) is 0 Å². The molecule has 122 valence electrons. The molecule has 1 aliphatic rings. The normalized spacial score (nSPS) is 18.8. The zero-order valence-corrected chi connectivity index (χ0v) is 13.4. The maximum Gasteiger partial charge on any atom is 0.148 e. The highest BCUT2D eigenvalue weighted by molar-refractivity contribution is 5.51. The van der Waals surface area contributed by atoms with Crippen LogP contribution in [0.15, 0.2) is 30.5 Å². The number of rotatable bonds is 5. The molecule has 0 aliphatic carbocycles. The van der Waals surface area contributed by atoms with Crippen LogP contribution < -0.4 is 5.32 Å². The minimum absolute atomic E-state index is 0.168. The number of piperidine rings is 1. The van der Waals surface area contributed by atoms with Gasteiger partial charge in [-0.3, -0.25) is 4.90 Å². The lowest BCUT2D eigenvalue weighted by molar-refractivity contribution is 0.112. The van der Waals surface area contributed by atoms with E-state index in [9.17, 15) is 5.11 Å². The summed E-state index contributed by atoms with van der Waals surface area (Å²) in [7, 11) is 0. The topological polar surface area (TPSA) is 74.2 Å². The summed E-state index contributed by atoms with van der Waals surface area (Å²) >= 11 is 0. The SMILES string of the molecule is Cc1cc(Nc2ccccn2)nc(C2CCCCN2CCO)n1. The quantitative estimate of drug-likeness (QED) is 0.883. The highest BCUT2D eigenvalue weighted by Crippen LogP contribution is 2.29. The van der Waals surface area contributed by atoms with Gasteiger partial charge in [-0.1, -0.05) is 12.5 Å². The third-order valence-corrected chi connectivity index (χ3v) is 4.09. The van der Waals surface area contributed by atoms with Crippen LogP contribution in [0.25, 0.3) is 0 Å². The maximum atomic E-state index is 9.28. The molecule has 1 unspecified atom stereocenters. The number of β-amino-alcohol motifs (C(OH)–C–C–N with tert-alkyl or cyclic N) is 1. The van der Waals surface area contributed by atoms with Crippen LogP contribution in [0.5, 0.6) is 0 Å². The number of hydrogen-bond acceptors (Lipinski definition) is 6. The molecule has 6 nitrogen and oxygen atoms in total. The van der Waals surface area contributed by atoms with Gasteiger partial charge in [0.15, 0.2) is 0 Å². The summed E-state index contributed by atoms with van der Waals surface area (Å²) in [4.78, 5) is 15.9. The summed E-state index contributed by atoms with van der Waals surface area (Å²) in [5, 5.41) is 12.5. The molecule has 1 saturated heterocycles. The minimum Gasteiger partial charge on any atom is -0.395 e. The molecule has 1 aliphatic heterocycles. The lowest BCUT2D eigenvalue weighted by Crippen LogP contribution is -2.36. The standard InChI is InChI=1S/C17H23N5O/c1-13-12-16(20-15-7-2-4-8-18-15)21-17(19-13)14-6-3-5-9-22(14)10-11-23/h2,4,7-8,12,14,23H,3,5-6,9-11H2,1H3,(H,18,19,20,21). The average molecular weight is 313 g/mol. The van der Waals surface area contributed by atoms with Gasteiger partial charge in [0.1, 0.15) is 17.5 Å². The van der Waals surface area contributed by atoms with E-state index in [0.29, 0.717) is 6.54 Å². The minimum atomic E-state index is 0.168. The molecular formula is C17H23N5O. The molecule has 0 saturated carbocycles. The molecule has 6 heteroatoms. The van der Waals surface area contributed by atoms with Gasteiger partial charge in [0.25, 0.3) is 0 Å². The van der Waals surface area contributed by atoms with Gasteiger partial charge < -0.3 is 10.4 Å². The number of hydrogen-bond donors (Lipinski definition) is 2. The van der Waals surface area contributed by atoms with Crippen LogP contribution in [0, 0.1) is 6.92 Å². The molecule has 2 aromatic rings. The largest absolute Gasteiger partial charge is 0.395 e. The molecule has 1 fully saturated rings. The van der Waals surface area contributed by atoms with Crippen LogP contribution >= 0.6 is 0 Å². The maximum absolute atomic E-state index is 9.28. The second-order valence-corrected chi connectivity index (χ2v) is 5.86. The van der Waals surface area contributed by atoms with Crippen LogP contribution in [0.3, 0.4) is 0 Å². The van der Waals surface area contributed by atoms with Crippen LogP contribution in [-0.2, 0) is 0 Å². The van der Waals surface area contributed by atoms with E-state index in [1.165, 1.54) is 12.8 Å². The fourth-order valence-corrected chi connectivity index (χ4v) is 3.05. The van der Waals surface area contributed by atoms with Crippen molar-refractivity contribution in [2.45, 2.75) is 32.2 Å². The van der Waals surface area contributed by atoms with E-state index in [1.54, 1.807) is 6.20 Å². The first-order chi connectivity index (χ1) is 11.3. The van der Waals surface area contributed by atoms with Crippen LogP contribution in [0.1, 0.15) is 36.8 Å². The molecule has 2 aromatic heterocycles. The Morgan fingerprint density at radius 2 is 2.17 bits per heavy atom. The summed E-state index contributed by atoms with van der Waals surface area (Å²) in [6.07, 6.45) is 5.13. The predicted molar refractivity (Wildman–Crippen MR) is 89.5 cm³/mol. The summed E-state index contributed by atoms with van der Waals surface area (Å²) in [5.41, 5.74) is 0.933. The Bertz CT molecular complexity index is 632. The zero-order chi connectivity index (χ0) is 16.1. The number of aryl methyl sites for hydroxylation is 1. The molecule has 1 atom stereocenters. The highest BCUT2D eigenvalue weighted by atomic mass is 16.3. The Morgan fingerprint density at radius 3 is 2.96 bits per heavy atom. The molecule has 0 bridgehead atoms. The van der Waals surface area contributed by atoms with E-state index in [1.807, 2.05) is 31.2 Å². The Morgan fingerprint density at radius 1 is 1.26 bits per heavy atom. The van der Waals surface area contributed by atoms with Crippen molar-refractivity contribution in [2.24, 2.45) is 0 Å². The zero-order valence-electron chi connectivity index (χ0n) is 13.4. The molecule has 0 amide bonds. The number of aliphatic hydroxyl groups is 1. The Labute approximate surface area is 136 Å². The Balaban J connectivity index is 1.84. The molecule has 3 heterocycles. The number of aliphatic hydroxyl groups excluding tert-OH is 1. The van der Waals surface area contributed by atoms with E-state index >= 15 is 0 Å². The van der Waals surface area contributed by atoms with Gasteiger partial charge in [-0.05, 0) is 38.4 Å². The first kappa shape index (κ1) is 15.8. The molecule has 3 rings (SSSR count). The number of nitrogens with zero attached hydrogens (tertiary/aromatic N) is 4. The van der Waals surface area contributed by atoms with Crippen molar-refractivity contribution in [1.82, 2.24) is 19.9 Å². The van der Waals surface area contributed by atoms with E-state index in [0.717, 1.165) is 36.1 Å². The van der Waals surface area contributed by atoms with E-state index in [2.05, 4.69) is 20.2 Å². The summed E-state index contributed by atoms with van der Waals surface area (Å²) in [6, 6.07) is 7.85. The van der Waals surface area contributed by atoms with Crippen molar-refractivity contribution in [2.75, 3.05) is 25.0 Å². The fourth-order valence-electron chi connectivity index (χ4n) is 3.05. The molecule has 2 N–H and O–H groups in total. The molecule has 0 spiro atoms. The van der Waals surface area contributed by atoms with Crippen LogP contribution in [0.4, 0.5) is 11.6 Å². The fraction of sp³-hybridized carbons (Fsp3) is 0.471. The van der Waals surface area contributed by atoms with Gasteiger partial charge in [0.05, 0.1) is 12.6 Å². The second kappa shape index (κ2) is 7.48. The first-order valence-electron chi connectivity index (χ1n) is 8.15. The first-order valence-corrected chi connectivity index (χ1v) is 8.15. The molecular weight excluding hydrogens is 290 g/mol. The Kier molecular flexibility index (Phi) is 5.15. The van der Waals surface area contributed by atoms with Crippen molar-refractivity contribution in [3.05, 3.63) is 42.0 Å². The van der Waals surface area contributed by atoms with Gasteiger partial charge in [0, 0.05) is 24.5 Å². The van der Waals surface area contributed by atoms with Gasteiger partial charge in [-0.15, -0.1) is 0 Å². The highest BCUT2D eigenvalue weighted by Gasteiger charge is 2.26. The number of nitrogens with one attached hydrogen (secondary N) is 1. The van der Waals surface area contributed by atoms with E-state index in [-0.39, 0.29) is 12.6 Å². The van der Waals surface area contributed by atoms with Crippen molar-refractivity contribution < 1.29 is 5.11 Å². The molecule has 23 heavy (non-hydrogen) atoms. The summed E-state index contributed by atoms with van der Waals surface area (Å²) in [5.74, 6) is 2.37. The van der Waals surface area contributed by atoms with Crippen molar-refractivity contribution >= 4 is 11.6 Å².